The first kappa shape index (κ1) is 15.2. The van der Waals surface area contributed by atoms with Crippen molar-refractivity contribution in [3.63, 3.8) is 0 Å². The molecule has 1 rings (SSSR count). The Morgan fingerprint density at radius 3 is 2.44 bits per heavy atom. The van der Waals surface area contributed by atoms with Gasteiger partial charge in [-0.25, -0.2) is 0 Å². The van der Waals surface area contributed by atoms with Crippen molar-refractivity contribution in [3.8, 4) is 0 Å². The molecular formula is C14H27N3O. The van der Waals surface area contributed by atoms with Gasteiger partial charge in [0.1, 0.15) is 0 Å². The molecule has 1 N–H and O–H groups in total. The molecule has 0 aliphatic carbocycles. The van der Waals surface area contributed by atoms with Gasteiger partial charge in [-0.05, 0) is 41.0 Å². The fraction of sp³-hybridized carbons (Fsp3) is 0.786. The highest BCUT2D eigenvalue weighted by molar-refractivity contribution is 5.24. The van der Waals surface area contributed by atoms with Gasteiger partial charge in [-0.1, -0.05) is 0 Å². The fourth-order valence-electron chi connectivity index (χ4n) is 2.24. The lowest BCUT2D eigenvalue weighted by Gasteiger charge is -2.27. The van der Waals surface area contributed by atoms with Crippen LogP contribution in [0.25, 0.3) is 0 Å². The zero-order valence-electron chi connectivity index (χ0n) is 12.8. The van der Waals surface area contributed by atoms with E-state index in [2.05, 4.69) is 45.0 Å². The van der Waals surface area contributed by atoms with Crippen molar-refractivity contribution in [1.82, 2.24) is 15.1 Å². The molecule has 1 aromatic heterocycles. The quantitative estimate of drug-likeness (QED) is 0.845. The van der Waals surface area contributed by atoms with Crippen LogP contribution in [0.3, 0.4) is 0 Å². The van der Waals surface area contributed by atoms with Crippen molar-refractivity contribution < 1.29 is 4.74 Å². The minimum atomic E-state index is -0.0779. The Hall–Kier alpha value is -0.870. The van der Waals surface area contributed by atoms with E-state index >= 15 is 0 Å². The maximum Gasteiger partial charge on any atom is 0.0641 e. The number of aryl methyl sites for hydroxylation is 2. The van der Waals surface area contributed by atoms with Crippen LogP contribution < -0.4 is 5.32 Å². The number of hydrogen-bond donors (Lipinski definition) is 1. The molecule has 4 nitrogen and oxygen atoms in total. The van der Waals surface area contributed by atoms with E-state index in [-0.39, 0.29) is 5.60 Å². The summed E-state index contributed by atoms with van der Waals surface area (Å²) < 4.78 is 7.40. The Morgan fingerprint density at radius 1 is 1.39 bits per heavy atom. The summed E-state index contributed by atoms with van der Waals surface area (Å²) in [4.78, 5) is 0. The third-order valence-electron chi connectivity index (χ3n) is 3.64. The maximum absolute atomic E-state index is 5.46. The zero-order valence-corrected chi connectivity index (χ0v) is 12.8. The average molecular weight is 253 g/mol. The molecular weight excluding hydrogens is 226 g/mol. The van der Waals surface area contributed by atoms with E-state index in [1.54, 1.807) is 7.11 Å². The van der Waals surface area contributed by atoms with Crippen LogP contribution in [0.4, 0.5) is 0 Å². The Morgan fingerprint density at radius 2 is 2.00 bits per heavy atom. The van der Waals surface area contributed by atoms with Crippen LogP contribution in [-0.4, -0.2) is 28.5 Å². The highest BCUT2D eigenvalue weighted by atomic mass is 16.5. The normalized spacial score (nSPS) is 13.9. The summed E-state index contributed by atoms with van der Waals surface area (Å²) in [7, 11) is 3.76. The second-order valence-corrected chi connectivity index (χ2v) is 5.72. The van der Waals surface area contributed by atoms with E-state index in [1.165, 1.54) is 11.3 Å². The second kappa shape index (κ2) is 5.85. The Kier molecular flexibility index (Phi) is 4.93. The Balaban J connectivity index is 2.55. The number of nitrogens with zero attached hydrogens (tertiary/aromatic N) is 2. The first-order valence-corrected chi connectivity index (χ1v) is 6.54. The van der Waals surface area contributed by atoms with Crippen molar-refractivity contribution in [2.24, 2.45) is 7.05 Å². The van der Waals surface area contributed by atoms with Crippen LogP contribution in [0.1, 0.15) is 44.1 Å². The number of nitrogens with one attached hydrogen (secondary N) is 1. The van der Waals surface area contributed by atoms with E-state index in [1.807, 2.05) is 11.7 Å². The number of ether oxygens (including phenoxy) is 1. The van der Waals surface area contributed by atoms with Crippen LogP contribution in [-0.2, 0) is 18.3 Å². The van der Waals surface area contributed by atoms with Gasteiger partial charge in [-0.3, -0.25) is 4.68 Å². The van der Waals surface area contributed by atoms with Gasteiger partial charge in [-0.2, -0.15) is 5.10 Å². The molecule has 18 heavy (non-hydrogen) atoms. The Labute approximate surface area is 111 Å². The molecule has 1 heterocycles. The van der Waals surface area contributed by atoms with Crippen molar-refractivity contribution in [1.29, 1.82) is 0 Å². The number of hydrogen-bond acceptors (Lipinski definition) is 3. The standard InChI is InChI=1S/C14H27N3O/c1-10(8-14(4,5)18-7)15-9-13-11(2)16-17(6)12(13)3/h10,15H,8-9H2,1-7H3. The van der Waals surface area contributed by atoms with Crippen molar-refractivity contribution in [2.45, 2.75) is 59.2 Å². The van der Waals surface area contributed by atoms with Crippen LogP contribution in [0.15, 0.2) is 0 Å². The monoisotopic (exact) mass is 253 g/mol. The van der Waals surface area contributed by atoms with Crippen LogP contribution >= 0.6 is 0 Å². The minimum Gasteiger partial charge on any atom is -0.379 e. The molecule has 1 aromatic rings. The molecule has 1 atom stereocenters. The predicted molar refractivity (Wildman–Crippen MR) is 74.7 cm³/mol. The summed E-state index contributed by atoms with van der Waals surface area (Å²) >= 11 is 0. The molecule has 104 valence electrons. The van der Waals surface area contributed by atoms with E-state index < -0.39 is 0 Å². The smallest absolute Gasteiger partial charge is 0.0641 e. The summed E-state index contributed by atoms with van der Waals surface area (Å²) in [5, 5.41) is 7.98. The highest BCUT2D eigenvalue weighted by Crippen LogP contribution is 2.17. The molecule has 0 spiro atoms. The highest BCUT2D eigenvalue weighted by Gasteiger charge is 2.20. The molecule has 0 aliphatic rings. The van der Waals surface area contributed by atoms with Gasteiger partial charge in [-0.15, -0.1) is 0 Å². The van der Waals surface area contributed by atoms with Gasteiger partial charge >= 0.3 is 0 Å². The average Bonchev–Trinajstić information content (AvgIpc) is 2.50. The fourth-order valence-corrected chi connectivity index (χ4v) is 2.24. The maximum atomic E-state index is 5.46. The van der Waals surface area contributed by atoms with Crippen molar-refractivity contribution in [3.05, 3.63) is 17.0 Å². The third-order valence-corrected chi connectivity index (χ3v) is 3.64. The predicted octanol–water partition coefficient (Wildman–Crippen LogP) is 2.33. The molecule has 0 saturated carbocycles. The minimum absolute atomic E-state index is 0.0779. The van der Waals surface area contributed by atoms with Crippen molar-refractivity contribution >= 4 is 0 Å². The van der Waals surface area contributed by atoms with Gasteiger partial charge in [0, 0.05) is 38.0 Å². The molecule has 0 aromatic carbocycles. The summed E-state index contributed by atoms with van der Waals surface area (Å²) in [5.41, 5.74) is 3.57. The summed E-state index contributed by atoms with van der Waals surface area (Å²) in [6.07, 6.45) is 0.988. The van der Waals surface area contributed by atoms with Gasteiger partial charge in [0.05, 0.1) is 11.3 Å². The van der Waals surface area contributed by atoms with Gasteiger partial charge in [0.2, 0.25) is 0 Å². The van der Waals surface area contributed by atoms with E-state index in [4.69, 9.17) is 4.74 Å². The van der Waals surface area contributed by atoms with Crippen LogP contribution in [0, 0.1) is 13.8 Å². The third kappa shape index (κ3) is 3.82. The van der Waals surface area contributed by atoms with Gasteiger partial charge in [0.25, 0.3) is 0 Å². The number of methoxy groups -OCH3 is 1. The van der Waals surface area contributed by atoms with Crippen LogP contribution in [0.5, 0.6) is 0 Å². The topological polar surface area (TPSA) is 39.1 Å². The van der Waals surface area contributed by atoms with E-state index in [9.17, 15) is 0 Å². The van der Waals surface area contributed by atoms with E-state index in [0.717, 1.165) is 18.7 Å². The SMILES string of the molecule is COC(C)(C)CC(C)NCc1c(C)nn(C)c1C. The molecule has 1 unspecified atom stereocenters. The Bertz CT molecular complexity index is 396. The van der Waals surface area contributed by atoms with E-state index in [0.29, 0.717) is 6.04 Å². The number of rotatable bonds is 6. The summed E-state index contributed by atoms with van der Waals surface area (Å²) in [6.45, 7) is 11.5. The first-order chi connectivity index (χ1) is 8.26. The lowest BCUT2D eigenvalue weighted by molar-refractivity contribution is 0.00844. The molecule has 0 fully saturated rings. The first-order valence-electron chi connectivity index (χ1n) is 6.54. The largest absolute Gasteiger partial charge is 0.379 e. The lowest BCUT2D eigenvalue weighted by atomic mass is 9.99. The summed E-state index contributed by atoms with van der Waals surface area (Å²) in [5.74, 6) is 0. The number of aromatic nitrogens is 2. The van der Waals surface area contributed by atoms with Gasteiger partial charge in [0.15, 0.2) is 0 Å². The molecule has 0 bridgehead atoms. The molecule has 4 heteroatoms. The van der Waals surface area contributed by atoms with Crippen LogP contribution in [0.2, 0.25) is 0 Å². The lowest BCUT2D eigenvalue weighted by Crippen LogP contribution is -2.35. The molecule has 0 amide bonds. The molecule has 0 saturated heterocycles. The molecule has 0 aliphatic heterocycles. The van der Waals surface area contributed by atoms with Gasteiger partial charge < -0.3 is 10.1 Å². The second-order valence-electron chi connectivity index (χ2n) is 5.72. The zero-order chi connectivity index (χ0) is 13.9. The summed E-state index contributed by atoms with van der Waals surface area (Å²) in [6, 6.07) is 0.416. The van der Waals surface area contributed by atoms with Crippen molar-refractivity contribution in [2.75, 3.05) is 7.11 Å². The molecule has 0 radical (unpaired) electrons.